The lowest BCUT2D eigenvalue weighted by Crippen LogP contribution is -2.22. The van der Waals surface area contributed by atoms with E-state index in [1.807, 2.05) is 31.3 Å². The van der Waals surface area contributed by atoms with Crippen molar-refractivity contribution < 1.29 is 13.9 Å². The molecule has 0 aliphatic heterocycles. The zero-order valence-corrected chi connectivity index (χ0v) is 16.7. The summed E-state index contributed by atoms with van der Waals surface area (Å²) in [5.74, 6) is 1.74. The van der Waals surface area contributed by atoms with Crippen LogP contribution in [-0.2, 0) is 13.2 Å². The second-order valence-corrected chi connectivity index (χ2v) is 6.67. The molecular weight excluding hydrogens is 362 g/mol. The number of ether oxygens (including phenoxy) is 2. The molecule has 0 N–H and O–H groups in total. The molecule has 2 aromatic carbocycles. The lowest BCUT2D eigenvalue weighted by Gasteiger charge is -2.17. The van der Waals surface area contributed by atoms with Crippen LogP contribution in [0.15, 0.2) is 46.9 Å². The van der Waals surface area contributed by atoms with Crippen LogP contribution in [0.2, 0.25) is 0 Å². The Morgan fingerprint density at radius 3 is 2.63 bits per heavy atom. The molecule has 0 aliphatic carbocycles. The maximum Gasteiger partial charge on any atom is 0.288 e. The molecule has 0 amide bonds. The second-order valence-electron chi connectivity index (χ2n) is 6.32. The topological polar surface area (TPSA) is 52.7 Å². The van der Waals surface area contributed by atoms with Gasteiger partial charge in [0.25, 0.3) is 10.7 Å². The van der Waals surface area contributed by atoms with E-state index in [0.717, 1.165) is 12.1 Å². The number of rotatable bonds is 7. The van der Waals surface area contributed by atoms with Crippen LogP contribution >= 0.6 is 12.2 Å². The van der Waals surface area contributed by atoms with Crippen molar-refractivity contribution in [3.63, 3.8) is 0 Å². The van der Waals surface area contributed by atoms with E-state index in [2.05, 4.69) is 29.1 Å². The minimum Gasteiger partial charge on any atom is -0.497 e. The first-order valence-corrected chi connectivity index (χ1v) is 8.96. The van der Waals surface area contributed by atoms with E-state index >= 15 is 0 Å². The summed E-state index contributed by atoms with van der Waals surface area (Å²) in [6.07, 6.45) is 0. The Bertz CT molecular complexity index is 981. The van der Waals surface area contributed by atoms with Crippen molar-refractivity contribution in [1.29, 1.82) is 0 Å². The lowest BCUT2D eigenvalue weighted by molar-refractivity contribution is 0.240. The molecule has 0 atom stereocenters. The fourth-order valence-corrected chi connectivity index (χ4v) is 3.01. The van der Waals surface area contributed by atoms with Gasteiger partial charge in [0.1, 0.15) is 11.5 Å². The molecule has 0 saturated heterocycles. The number of benzene rings is 2. The van der Waals surface area contributed by atoms with E-state index < -0.39 is 0 Å². The summed E-state index contributed by atoms with van der Waals surface area (Å²) in [6.45, 7) is 3.43. The van der Waals surface area contributed by atoms with E-state index in [1.54, 1.807) is 25.0 Å². The van der Waals surface area contributed by atoms with E-state index in [4.69, 9.17) is 26.1 Å². The van der Waals surface area contributed by atoms with Gasteiger partial charge in [-0.15, -0.1) is 5.10 Å². The molecule has 0 radical (unpaired) electrons. The highest BCUT2D eigenvalue weighted by molar-refractivity contribution is 7.71. The number of hydrogen-bond donors (Lipinski definition) is 0. The monoisotopic (exact) mass is 385 g/mol. The average Bonchev–Trinajstić information content (AvgIpc) is 3.03. The van der Waals surface area contributed by atoms with Crippen molar-refractivity contribution in [2.45, 2.75) is 20.1 Å². The Labute approximate surface area is 163 Å². The number of methoxy groups -OCH3 is 2. The summed E-state index contributed by atoms with van der Waals surface area (Å²) in [5, 5.41) is 4.53. The number of aromatic nitrogens is 2. The van der Waals surface area contributed by atoms with Gasteiger partial charge >= 0.3 is 0 Å². The highest BCUT2D eigenvalue weighted by Crippen LogP contribution is 2.32. The SMILES string of the molecule is COc1ccc(-c2nn(CN(C)Cc3ccccc3C)c(=S)o2)c(OC)c1. The maximum atomic E-state index is 5.71. The van der Waals surface area contributed by atoms with Crippen LogP contribution < -0.4 is 9.47 Å². The van der Waals surface area contributed by atoms with Crippen molar-refractivity contribution in [3.05, 3.63) is 58.4 Å². The summed E-state index contributed by atoms with van der Waals surface area (Å²) in [5.41, 5.74) is 3.26. The largest absolute Gasteiger partial charge is 0.497 e. The molecule has 27 heavy (non-hydrogen) atoms. The van der Waals surface area contributed by atoms with Gasteiger partial charge < -0.3 is 13.9 Å². The molecule has 6 nitrogen and oxygen atoms in total. The third-order valence-electron chi connectivity index (χ3n) is 4.32. The molecule has 0 aliphatic rings. The summed E-state index contributed by atoms with van der Waals surface area (Å²) < 4.78 is 18.0. The lowest BCUT2D eigenvalue weighted by atomic mass is 10.1. The predicted molar refractivity (Wildman–Crippen MR) is 107 cm³/mol. The van der Waals surface area contributed by atoms with Crippen molar-refractivity contribution in [3.8, 4) is 23.0 Å². The van der Waals surface area contributed by atoms with Crippen molar-refractivity contribution in [2.24, 2.45) is 0 Å². The van der Waals surface area contributed by atoms with Crippen LogP contribution in [0.4, 0.5) is 0 Å². The second kappa shape index (κ2) is 8.37. The van der Waals surface area contributed by atoms with Gasteiger partial charge in [0.05, 0.1) is 26.5 Å². The van der Waals surface area contributed by atoms with Gasteiger partial charge in [-0.1, -0.05) is 24.3 Å². The Morgan fingerprint density at radius 2 is 1.93 bits per heavy atom. The van der Waals surface area contributed by atoms with E-state index in [0.29, 0.717) is 28.9 Å². The molecule has 0 fully saturated rings. The first-order chi connectivity index (χ1) is 13.0. The van der Waals surface area contributed by atoms with Crippen LogP contribution in [0, 0.1) is 11.8 Å². The molecular formula is C20H23N3O3S. The van der Waals surface area contributed by atoms with Crippen LogP contribution in [0.5, 0.6) is 11.5 Å². The Morgan fingerprint density at radius 1 is 1.15 bits per heavy atom. The zero-order valence-electron chi connectivity index (χ0n) is 15.9. The number of hydrogen-bond acceptors (Lipinski definition) is 6. The Kier molecular flexibility index (Phi) is 5.93. The minimum atomic E-state index is 0.319. The molecule has 0 bridgehead atoms. The highest BCUT2D eigenvalue weighted by atomic mass is 32.1. The Hall–Kier alpha value is -2.64. The third-order valence-corrected chi connectivity index (χ3v) is 4.62. The smallest absolute Gasteiger partial charge is 0.288 e. The molecule has 1 aromatic heterocycles. The molecule has 7 heteroatoms. The predicted octanol–water partition coefficient (Wildman–Crippen LogP) is 4.29. The summed E-state index contributed by atoms with van der Waals surface area (Å²) >= 11 is 5.35. The zero-order chi connectivity index (χ0) is 19.4. The maximum absolute atomic E-state index is 5.71. The van der Waals surface area contributed by atoms with Gasteiger partial charge in [-0.2, -0.15) is 0 Å². The van der Waals surface area contributed by atoms with Gasteiger partial charge in [0.15, 0.2) is 0 Å². The van der Waals surface area contributed by atoms with Gasteiger partial charge in [-0.25, -0.2) is 4.68 Å². The van der Waals surface area contributed by atoms with Crippen LogP contribution in [0.1, 0.15) is 11.1 Å². The summed E-state index contributed by atoms with van der Waals surface area (Å²) in [4.78, 5) is 2.45. The van der Waals surface area contributed by atoms with Crippen molar-refractivity contribution >= 4 is 12.2 Å². The van der Waals surface area contributed by atoms with E-state index in [9.17, 15) is 0 Å². The van der Waals surface area contributed by atoms with Gasteiger partial charge in [-0.3, -0.25) is 4.90 Å². The van der Waals surface area contributed by atoms with E-state index in [-0.39, 0.29) is 0 Å². The Balaban J connectivity index is 1.81. The third kappa shape index (κ3) is 4.37. The molecule has 0 unspecified atom stereocenters. The summed E-state index contributed by atoms with van der Waals surface area (Å²) in [6, 6.07) is 13.8. The van der Waals surface area contributed by atoms with Gasteiger partial charge in [-0.05, 0) is 49.4 Å². The van der Waals surface area contributed by atoms with Crippen LogP contribution in [0.3, 0.4) is 0 Å². The van der Waals surface area contributed by atoms with Crippen molar-refractivity contribution in [1.82, 2.24) is 14.7 Å². The first kappa shape index (κ1) is 19.1. The van der Waals surface area contributed by atoms with Gasteiger partial charge in [0, 0.05) is 12.6 Å². The molecule has 3 rings (SSSR count). The standard InChI is InChI=1S/C20H23N3O3S/c1-14-7-5-6-8-15(14)12-22(2)13-23-20(27)26-19(21-23)17-10-9-16(24-3)11-18(17)25-4/h5-11H,12-13H2,1-4H3. The van der Waals surface area contributed by atoms with Crippen LogP contribution in [-0.4, -0.2) is 35.9 Å². The normalized spacial score (nSPS) is 11.0. The molecule has 0 saturated carbocycles. The van der Waals surface area contributed by atoms with E-state index in [1.165, 1.54) is 11.1 Å². The number of nitrogens with zero attached hydrogens (tertiary/aromatic N) is 3. The quantitative estimate of drug-likeness (QED) is 0.566. The first-order valence-electron chi connectivity index (χ1n) is 8.55. The number of aryl methyl sites for hydroxylation is 1. The molecule has 0 spiro atoms. The molecule has 3 aromatic rings. The molecule has 1 heterocycles. The fraction of sp³-hybridized carbons (Fsp3) is 0.300. The van der Waals surface area contributed by atoms with Crippen molar-refractivity contribution in [2.75, 3.05) is 21.3 Å². The fourth-order valence-electron chi connectivity index (χ4n) is 2.84. The summed E-state index contributed by atoms with van der Waals surface area (Å²) in [7, 11) is 5.23. The highest BCUT2D eigenvalue weighted by Gasteiger charge is 2.15. The van der Waals surface area contributed by atoms with Crippen LogP contribution in [0.25, 0.3) is 11.5 Å². The average molecular weight is 385 g/mol. The molecule has 142 valence electrons. The minimum absolute atomic E-state index is 0.319. The van der Waals surface area contributed by atoms with Gasteiger partial charge in [0.2, 0.25) is 0 Å².